The summed E-state index contributed by atoms with van der Waals surface area (Å²) in [5.74, 6) is -1.22. The molecule has 0 saturated heterocycles. The molecule has 0 saturated carbocycles. The standard InChI is InChI=1S/C13H19NO2/c1-9-5-6-11(7-10(9)2)12(13(15)16)8-14(3)4/h5-7,12H,8H2,1-4H3,(H,15,16). The number of nitrogens with zero attached hydrogens (tertiary/aromatic N) is 1. The maximum Gasteiger partial charge on any atom is 0.312 e. The van der Waals surface area contributed by atoms with E-state index in [1.807, 2.05) is 51.0 Å². The lowest BCUT2D eigenvalue weighted by atomic mass is 9.95. The lowest BCUT2D eigenvalue weighted by molar-refractivity contribution is -0.139. The van der Waals surface area contributed by atoms with E-state index in [4.69, 9.17) is 0 Å². The van der Waals surface area contributed by atoms with Gasteiger partial charge in [0.2, 0.25) is 0 Å². The molecule has 0 fully saturated rings. The van der Waals surface area contributed by atoms with Crippen LogP contribution < -0.4 is 0 Å². The predicted molar refractivity (Wildman–Crippen MR) is 64.8 cm³/mol. The van der Waals surface area contributed by atoms with Gasteiger partial charge in [-0.05, 0) is 44.6 Å². The number of carboxylic acids is 1. The van der Waals surface area contributed by atoms with E-state index in [1.165, 1.54) is 5.56 Å². The summed E-state index contributed by atoms with van der Waals surface area (Å²) in [6, 6.07) is 5.86. The third kappa shape index (κ3) is 3.07. The van der Waals surface area contributed by atoms with Crippen LogP contribution in [0.5, 0.6) is 0 Å². The molecule has 1 unspecified atom stereocenters. The van der Waals surface area contributed by atoms with Crippen LogP contribution in [0.2, 0.25) is 0 Å². The fourth-order valence-electron chi connectivity index (χ4n) is 1.67. The molecule has 0 aliphatic carbocycles. The normalized spacial score (nSPS) is 12.8. The third-order valence-electron chi connectivity index (χ3n) is 2.78. The molecule has 0 aliphatic heterocycles. The number of aliphatic carboxylic acids is 1. The predicted octanol–water partition coefficient (Wildman–Crippen LogP) is 2.03. The lowest BCUT2D eigenvalue weighted by Crippen LogP contribution is -2.26. The molecule has 1 aromatic rings. The van der Waals surface area contributed by atoms with Gasteiger partial charge in [0.25, 0.3) is 0 Å². The van der Waals surface area contributed by atoms with Crippen molar-refractivity contribution in [2.45, 2.75) is 19.8 Å². The van der Waals surface area contributed by atoms with Crippen molar-refractivity contribution in [2.75, 3.05) is 20.6 Å². The molecule has 0 amide bonds. The summed E-state index contributed by atoms with van der Waals surface area (Å²) in [6.07, 6.45) is 0. The van der Waals surface area contributed by atoms with Crippen molar-refractivity contribution in [1.82, 2.24) is 4.90 Å². The third-order valence-corrected chi connectivity index (χ3v) is 2.78. The highest BCUT2D eigenvalue weighted by Crippen LogP contribution is 2.20. The summed E-state index contributed by atoms with van der Waals surface area (Å²) >= 11 is 0. The number of hydrogen-bond acceptors (Lipinski definition) is 2. The molecule has 88 valence electrons. The topological polar surface area (TPSA) is 40.5 Å². The van der Waals surface area contributed by atoms with E-state index < -0.39 is 11.9 Å². The van der Waals surface area contributed by atoms with Gasteiger partial charge in [0.05, 0.1) is 5.92 Å². The molecule has 1 rings (SSSR count). The maximum absolute atomic E-state index is 11.2. The van der Waals surface area contributed by atoms with E-state index in [0.29, 0.717) is 6.54 Å². The second-order valence-electron chi connectivity index (χ2n) is 4.50. The van der Waals surface area contributed by atoms with Gasteiger partial charge in [-0.25, -0.2) is 0 Å². The smallest absolute Gasteiger partial charge is 0.312 e. The van der Waals surface area contributed by atoms with Crippen LogP contribution in [0.15, 0.2) is 18.2 Å². The SMILES string of the molecule is Cc1ccc(C(CN(C)C)C(=O)O)cc1C. The average Bonchev–Trinajstić information content (AvgIpc) is 2.18. The molecule has 0 radical (unpaired) electrons. The fourth-order valence-corrected chi connectivity index (χ4v) is 1.67. The first kappa shape index (κ1) is 12.7. The van der Waals surface area contributed by atoms with Gasteiger partial charge < -0.3 is 10.0 Å². The molecular formula is C13H19NO2. The Morgan fingerprint density at radius 1 is 1.31 bits per heavy atom. The zero-order chi connectivity index (χ0) is 12.3. The lowest BCUT2D eigenvalue weighted by Gasteiger charge is -2.18. The van der Waals surface area contributed by atoms with Crippen LogP contribution in [0.25, 0.3) is 0 Å². The number of aryl methyl sites for hydroxylation is 2. The van der Waals surface area contributed by atoms with Gasteiger partial charge in [-0.1, -0.05) is 18.2 Å². The molecule has 16 heavy (non-hydrogen) atoms. The van der Waals surface area contributed by atoms with Crippen molar-refractivity contribution >= 4 is 5.97 Å². The number of carbonyl (C=O) groups is 1. The molecule has 0 aromatic heterocycles. The van der Waals surface area contributed by atoms with Crippen molar-refractivity contribution in [1.29, 1.82) is 0 Å². The van der Waals surface area contributed by atoms with Crippen molar-refractivity contribution in [3.05, 3.63) is 34.9 Å². The Bertz CT molecular complexity index is 386. The van der Waals surface area contributed by atoms with E-state index in [-0.39, 0.29) is 0 Å². The Morgan fingerprint density at radius 3 is 2.38 bits per heavy atom. The molecule has 3 nitrogen and oxygen atoms in total. The number of hydrogen-bond donors (Lipinski definition) is 1. The second-order valence-corrected chi connectivity index (χ2v) is 4.50. The van der Waals surface area contributed by atoms with Crippen LogP contribution in [0.3, 0.4) is 0 Å². The van der Waals surface area contributed by atoms with Crippen LogP contribution in [-0.4, -0.2) is 36.6 Å². The minimum absolute atomic E-state index is 0.450. The van der Waals surface area contributed by atoms with E-state index in [9.17, 15) is 9.90 Å². The number of likely N-dealkylation sites (N-methyl/N-ethyl adjacent to an activating group) is 1. The number of benzene rings is 1. The molecule has 0 aliphatic rings. The quantitative estimate of drug-likeness (QED) is 0.845. The molecule has 0 bridgehead atoms. The number of rotatable bonds is 4. The molecule has 1 aromatic carbocycles. The van der Waals surface area contributed by atoms with Crippen molar-refractivity contribution in [2.24, 2.45) is 0 Å². The fraction of sp³-hybridized carbons (Fsp3) is 0.462. The van der Waals surface area contributed by atoms with Crippen LogP contribution in [-0.2, 0) is 4.79 Å². The molecule has 0 spiro atoms. The first-order valence-corrected chi connectivity index (χ1v) is 5.36. The van der Waals surface area contributed by atoms with Crippen molar-refractivity contribution in [3.8, 4) is 0 Å². The zero-order valence-corrected chi connectivity index (χ0v) is 10.3. The Balaban J connectivity index is 3.01. The molecular weight excluding hydrogens is 202 g/mol. The summed E-state index contributed by atoms with van der Waals surface area (Å²) < 4.78 is 0. The van der Waals surface area contributed by atoms with Gasteiger partial charge in [0.1, 0.15) is 0 Å². The largest absolute Gasteiger partial charge is 0.481 e. The van der Waals surface area contributed by atoms with Gasteiger partial charge in [-0.3, -0.25) is 4.79 Å². The molecule has 3 heteroatoms. The highest BCUT2D eigenvalue weighted by atomic mass is 16.4. The molecule has 1 atom stereocenters. The van der Waals surface area contributed by atoms with E-state index in [1.54, 1.807) is 0 Å². The summed E-state index contributed by atoms with van der Waals surface area (Å²) in [4.78, 5) is 13.1. The Morgan fingerprint density at radius 2 is 1.94 bits per heavy atom. The van der Waals surface area contributed by atoms with E-state index >= 15 is 0 Å². The zero-order valence-electron chi connectivity index (χ0n) is 10.3. The highest BCUT2D eigenvalue weighted by molar-refractivity contribution is 5.76. The monoisotopic (exact) mass is 221 g/mol. The minimum Gasteiger partial charge on any atom is -0.481 e. The molecule has 0 heterocycles. The Hall–Kier alpha value is -1.35. The minimum atomic E-state index is -0.767. The molecule has 1 N–H and O–H groups in total. The van der Waals surface area contributed by atoms with Crippen molar-refractivity contribution < 1.29 is 9.90 Å². The maximum atomic E-state index is 11.2. The highest BCUT2D eigenvalue weighted by Gasteiger charge is 2.20. The number of carboxylic acid groups (broad SMARTS) is 1. The van der Waals surface area contributed by atoms with Crippen LogP contribution >= 0.6 is 0 Å². The van der Waals surface area contributed by atoms with Crippen LogP contribution in [0, 0.1) is 13.8 Å². The Labute approximate surface area is 96.7 Å². The second kappa shape index (κ2) is 5.12. The summed E-state index contributed by atoms with van der Waals surface area (Å²) in [5.41, 5.74) is 3.21. The first-order valence-electron chi connectivity index (χ1n) is 5.36. The Kier molecular flexibility index (Phi) is 4.07. The van der Waals surface area contributed by atoms with E-state index in [2.05, 4.69) is 0 Å². The summed E-state index contributed by atoms with van der Waals surface area (Å²) in [6.45, 7) is 4.56. The van der Waals surface area contributed by atoms with Gasteiger partial charge in [0.15, 0.2) is 0 Å². The average molecular weight is 221 g/mol. The van der Waals surface area contributed by atoms with Gasteiger partial charge in [0, 0.05) is 6.54 Å². The van der Waals surface area contributed by atoms with E-state index in [0.717, 1.165) is 11.1 Å². The summed E-state index contributed by atoms with van der Waals surface area (Å²) in [7, 11) is 3.77. The van der Waals surface area contributed by atoms with Gasteiger partial charge >= 0.3 is 5.97 Å². The van der Waals surface area contributed by atoms with Crippen molar-refractivity contribution in [3.63, 3.8) is 0 Å². The van der Waals surface area contributed by atoms with Gasteiger partial charge in [-0.2, -0.15) is 0 Å². The summed E-state index contributed by atoms with van der Waals surface area (Å²) in [5, 5.41) is 9.21. The van der Waals surface area contributed by atoms with Gasteiger partial charge in [-0.15, -0.1) is 0 Å². The van der Waals surface area contributed by atoms with Crippen LogP contribution in [0.4, 0.5) is 0 Å². The van der Waals surface area contributed by atoms with Crippen LogP contribution in [0.1, 0.15) is 22.6 Å². The first-order chi connectivity index (χ1) is 7.41.